The molecule has 0 heterocycles. The second-order valence-electron chi connectivity index (χ2n) is 17.6. The summed E-state index contributed by atoms with van der Waals surface area (Å²) < 4.78 is 5.90. The lowest BCUT2D eigenvalue weighted by Gasteiger charge is -2.24. The summed E-state index contributed by atoms with van der Waals surface area (Å²) in [5, 5.41) is 23.7. The normalized spacial score (nSPS) is 13.3. The quantitative estimate of drug-likeness (QED) is 0.0323. The molecule has 3 N–H and O–H groups in total. The van der Waals surface area contributed by atoms with E-state index in [1.807, 2.05) is 0 Å². The van der Waals surface area contributed by atoms with Crippen LogP contribution in [0, 0.1) is 0 Å². The summed E-state index contributed by atoms with van der Waals surface area (Å²) in [4.78, 5) is 26.0. The number of rotatable bonds is 46. The first-order chi connectivity index (χ1) is 28.0. The second kappa shape index (κ2) is 45.7. The van der Waals surface area contributed by atoms with Crippen molar-refractivity contribution in [2.75, 3.05) is 6.61 Å². The van der Waals surface area contributed by atoms with Gasteiger partial charge in [-0.3, -0.25) is 9.59 Å². The molecule has 0 saturated carbocycles. The van der Waals surface area contributed by atoms with E-state index in [2.05, 4.69) is 38.2 Å². The van der Waals surface area contributed by atoms with Gasteiger partial charge in [-0.2, -0.15) is 0 Å². The standard InChI is InChI=1S/C51H99NO5/c1-4-7-10-13-16-19-22-25-26-28-31-34-37-40-43-49(54)48(46-53)52-50(55)45-47(42-39-36-33-30-27-23-20-17-14-11-8-5-2)57-51(56)44-41-38-35-32-29-24-21-18-15-12-9-6-3/h30,33,47-49,53-54H,4-29,31-32,34-46H2,1-3H3,(H,52,55)/b33-30-. The van der Waals surface area contributed by atoms with Crippen molar-refractivity contribution in [3.8, 4) is 0 Å². The third-order valence-electron chi connectivity index (χ3n) is 11.8. The van der Waals surface area contributed by atoms with Crippen LogP contribution in [0.1, 0.15) is 278 Å². The van der Waals surface area contributed by atoms with Crippen LogP contribution < -0.4 is 5.32 Å². The van der Waals surface area contributed by atoms with Crippen molar-refractivity contribution in [2.24, 2.45) is 0 Å². The molecule has 0 fully saturated rings. The summed E-state index contributed by atoms with van der Waals surface area (Å²) >= 11 is 0. The maximum absolute atomic E-state index is 13.2. The number of nitrogens with one attached hydrogen (secondary N) is 1. The number of carbonyl (C=O) groups excluding carboxylic acids is 2. The molecule has 0 spiro atoms. The lowest BCUT2D eigenvalue weighted by Crippen LogP contribution is -2.46. The van der Waals surface area contributed by atoms with E-state index in [1.54, 1.807) is 0 Å². The molecule has 1 amide bonds. The summed E-state index contributed by atoms with van der Waals surface area (Å²) in [6.07, 6.45) is 49.9. The smallest absolute Gasteiger partial charge is 0.306 e. The third-order valence-corrected chi connectivity index (χ3v) is 11.8. The molecule has 0 bridgehead atoms. The number of amides is 1. The van der Waals surface area contributed by atoms with Crippen molar-refractivity contribution < 1.29 is 24.5 Å². The Morgan fingerprint density at radius 2 is 0.860 bits per heavy atom. The predicted molar refractivity (Wildman–Crippen MR) is 246 cm³/mol. The Hall–Kier alpha value is -1.40. The number of unbranched alkanes of at least 4 members (excludes halogenated alkanes) is 32. The van der Waals surface area contributed by atoms with Crippen molar-refractivity contribution in [3.63, 3.8) is 0 Å². The van der Waals surface area contributed by atoms with Gasteiger partial charge in [0, 0.05) is 6.42 Å². The zero-order valence-corrected chi connectivity index (χ0v) is 38.5. The summed E-state index contributed by atoms with van der Waals surface area (Å²) in [6, 6.07) is -0.702. The van der Waals surface area contributed by atoms with Crippen molar-refractivity contribution in [1.29, 1.82) is 0 Å². The predicted octanol–water partition coefficient (Wildman–Crippen LogP) is 15.0. The van der Waals surface area contributed by atoms with E-state index in [1.165, 1.54) is 180 Å². The average Bonchev–Trinajstić information content (AvgIpc) is 3.20. The van der Waals surface area contributed by atoms with Gasteiger partial charge in [0.05, 0.1) is 25.2 Å². The molecule has 0 aliphatic heterocycles. The lowest BCUT2D eigenvalue weighted by atomic mass is 10.0. The average molecular weight is 806 g/mol. The molecule has 0 aromatic carbocycles. The SMILES string of the molecule is CCCCCCCCC/C=C\CCCC(CC(=O)NC(CO)C(O)CCCCCCCCCCCCCCCC)OC(=O)CCCCCCCCCCCCCC. The lowest BCUT2D eigenvalue weighted by molar-refractivity contribution is -0.151. The molecule has 6 nitrogen and oxygen atoms in total. The maximum atomic E-state index is 13.2. The van der Waals surface area contributed by atoms with E-state index < -0.39 is 18.2 Å². The second-order valence-corrected chi connectivity index (χ2v) is 17.6. The molecule has 338 valence electrons. The van der Waals surface area contributed by atoms with Gasteiger partial charge in [0.15, 0.2) is 0 Å². The highest BCUT2D eigenvalue weighted by Crippen LogP contribution is 2.18. The van der Waals surface area contributed by atoms with E-state index >= 15 is 0 Å². The van der Waals surface area contributed by atoms with Gasteiger partial charge in [0.1, 0.15) is 6.10 Å². The first-order valence-electron chi connectivity index (χ1n) is 25.4. The maximum Gasteiger partial charge on any atom is 0.306 e. The fourth-order valence-electron chi connectivity index (χ4n) is 7.96. The number of aliphatic hydroxyl groups excluding tert-OH is 2. The molecule has 57 heavy (non-hydrogen) atoms. The number of esters is 1. The van der Waals surface area contributed by atoms with Crippen LogP contribution in [0.15, 0.2) is 12.2 Å². The highest BCUT2D eigenvalue weighted by Gasteiger charge is 2.24. The fraction of sp³-hybridized carbons (Fsp3) is 0.922. The van der Waals surface area contributed by atoms with Crippen LogP contribution in [-0.2, 0) is 14.3 Å². The summed E-state index contributed by atoms with van der Waals surface area (Å²) in [5.74, 6) is -0.488. The molecule has 0 radical (unpaired) electrons. The van der Waals surface area contributed by atoms with Gasteiger partial charge in [-0.25, -0.2) is 0 Å². The molecule has 0 rings (SSSR count). The first kappa shape index (κ1) is 55.6. The molecule has 6 heteroatoms. The molecule has 0 aliphatic rings. The molecule has 0 aromatic heterocycles. The Kier molecular flexibility index (Phi) is 44.6. The molecule has 0 aromatic rings. The van der Waals surface area contributed by atoms with Crippen molar-refractivity contribution in [2.45, 2.75) is 296 Å². The van der Waals surface area contributed by atoms with Crippen LogP contribution in [0.4, 0.5) is 0 Å². The molecule has 3 unspecified atom stereocenters. The van der Waals surface area contributed by atoms with Gasteiger partial charge in [0.2, 0.25) is 5.91 Å². The number of aliphatic hydroxyl groups is 2. The van der Waals surface area contributed by atoms with Crippen LogP contribution in [0.3, 0.4) is 0 Å². The first-order valence-corrected chi connectivity index (χ1v) is 25.4. The van der Waals surface area contributed by atoms with Crippen LogP contribution >= 0.6 is 0 Å². The van der Waals surface area contributed by atoms with Crippen LogP contribution in [0.5, 0.6) is 0 Å². The van der Waals surface area contributed by atoms with E-state index in [0.29, 0.717) is 19.3 Å². The number of hydrogen-bond acceptors (Lipinski definition) is 5. The zero-order valence-electron chi connectivity index (χ0n) is 38.5. The largest absolute Gasteiger partial charge is 0.462 e. The van der Waals surface area contributed by atoms with Gasteiger partial charge in [-0.05, 0) is 44.9 Å². The van der Waals surface area contributed by atoms with Crippen LogP contribution in [0.25, 0.3) is 0 Å². The number of ether oxygens (including phenoxy) is 1. The van der Waals surface area contributed by atoms with Crippen molar-refractivity contribution >= 4 is 11.9 Å². The summed E-state index contributed by atoms with van der Waals surface area (Å²) in [6.45, 7) is 6.48. The highest BCUT2D eigenvalue weighted by atomic mass is 16.5. The Bertz CT molecular complexity index is 863. The summed E-state index contributed by atoms with van der Waals surface area (Å²) in [7, 11) is 0. The molecular formula is C51H99NO5. The minimum absolute atomic E-state index is 0.0635. The number of hydrogen-bond donors (Lipinski definition) is 3. The van der Waals surface area contributed by atoms with E-state index in [-0.39, 0.29) is 24.9 Å². The molecule has 0 aliphatic carbocycles. The van der Waals surface area contributed by atoms with Crippen molar-refractivity contribution in [1.82, 2.24) is 5.32 Å². The van der Waals surface area contributed by atoms with Gasteiger partial charge in [-0.15, -0.1) is 0 Å². The minimum atomic E-state index is -0.787. The van der Waals surface area contributed by atoms with E-state index in [9.17, 15) is 19.8 Å². The number of allylic oxidation sites excluding steroid dienone is 2. The van der Waals surface area contributed by atoms with Crippen LogP contribution in [0.2, 0.25) is 0 Å². The van der Waals surface area contributed by atoms with Crippen molar-refractivity contribution in [3.05, 3.63) is 12.2 Å². The molecular weight excluding hydrogens is 707 g/mol. The Morgan fingerprint density at radius 3 is 1.28 bits per heavy atom. The van der Waals surface area contributed by atoms with Gasteiger partial charge in [-0.1, -0.05) is 232 Å². The van der Waals surface area contributed by atoms with Gasteiger partial charge in [0.25, 0.3) is 0 Å². The Balaban J connectivity index is 4.54. The Labute approximate surface area is 355 Å². The highest BCUT2D eigenvalue weighted by molar-refractivity contribution is 5.77. The van der Waals surface area contributed by atoms with Gasteiger partial charge >= 0.3 is 5.97 Å². The fourth-order valence-corrected chi connectivity index (χ4v) is 7.96. The zero-order chi connectivity index (χ0) is 41.7. The minimum Gasteiger partial charge on any atom is -0.462 e. The Morgan fingerprint density at radius 1 is 0.491 bits per heavy atom. The van der Waals surface area contributed by atoms with E-state index in [0.717, 1.165) is 51.4 Å². The summed E-state index contributed by atoms with van der Waals surface area (Å²) in [5.41, 5.74) is 0. The number of carbonyl (C=O) groups is 2. The van der Waals surface area contributed by atoms with E-state index in [4.69, 9.17) is 4.74 Å². The third kappa shape index (κ3) is 41.1. The molecule has 3 atom stereocenters. The van der Waals surface area contributed by atoms with Gasteiger partial charge < -0.3 is 20.3 Å². The molecule has 0 saturated heterocycles. The topological polar surface area (TPSA) is 95.9 Å². The van der Waals surface area contributed by atoms with Crippen LogP contribution in [-0.4, -0.2) is 46.9 Å². The monoisotopic (exact) mass is 806 g/mol.